The molecule has 1 heterocycles. The Kier molecular flexibility index (Phi) is 2.91. The molecule has 38 valence electrons. The predicted octanol–water partition coefficient (Wildman–Crippen LogP) is 0.331. The number of ether oxygens (including phenoxy) is 2. The smallest absolute Gasteiger partial charge is 0.377 e. The van der Waals surface area contributed by atoms with Gasteiger partial charge in [-0.3, -0.25) is 12.9 Å². The van der Waals surface area contributed by atoms with Crippen LogP contribution in [0.4, 0.5) is 0 Å². The van der Waals surface area contributed by atoms with Crippen molar-refractivity contribution in [2.75, 3.05) is 13.2 Å². The van der Waals surface area contributed by atoms with Crippen molar-refractivity contribution in [1.82, 2.24) is 0 Å². The van der Waals surface area contributed by atoms with Crippen molar-refractivity contribution >= 4 is 31.1 Å². The van der Waals surface area contributed by atoms with E-state index in [2.05, 4.69) is 12.9 Å². The average Bonchev–Trinajstić information content (AvgIpc) is 2.14. The van der Waals surface area contributed by atoms with Gasteiger partial charge in [0.25, 0.3) is 0 Å². The minimum Gasteiger partial charge on any atom is -0.377 e. The zero-order chi connectivity index (χ0) is 5.11. The van der Waals surface area contributed by atoms with Crippen LogP contribution < -0.4 is 0 Å². The molecule has 0 N–H and O–H groups in total. The van der Waals surface area contributed by atoms with E-state index in [1.54, 1.807) is 0 Å². The second-order valence-electron chi connectivity index (χ2n) is 1.33. The Morgan fingerprint density at radius 2 is 2.00 bits per heavy atom. The molecule has 0 aromatic heterocycles. The molecule has 1 aliphatic heterocycles. The Hall–Kier alpha value is 1.17. The fourth-order valence-electron chi connectivity index (χ4n) is 0.496. The molecule has 1 aliphatic rings. The third-order valence-electron chi connectivity index (χ3n) is 0.817. The fourth-order valence-corrected chi connectivity index (χ4v) is 2.13. The first-order valence-corrected chi connectivity index (χ1v) is 6.94. The van der Waals surface area contributed by atoms with Crippen molar-refractivity contribution < 1.29 is 9.47 Å². The van der Waals surface area contributed by atoms with Gasteiger partial charge >= 0.3 is 18.2 Å². The molecule has 0 spiro atoms. The lowest BCUT2D eigenvalue weighted by atomic mass is 10.8. The Bertz CT molecular complexity index is 54.9. The third-order valence-corrected chi connectivity index (χ3v) is 3.13. The number of hydrogen-bond donors (Lipinski definition) is 0. The first-order chi connectivity index (χ1) is 3.43. The Balaban J connectivity index is 2.14. The third kappa shape index (κ3) is 1.85. The molecule has 0 saturated carbocycles. The van der Waals surface area contributed by atoms with Gasteiger partial charge in [0.15, 0.2) is 0 Å². The van der Waals surface area contributed by atoms with E-state index in [1.165, 1.54) is 0 Å². The Morgan fingerprint density at radius 1 is 1.43 bits per heavy atom. The number of hydrogen-bond acceptors (Lipinski definition) is 2. The van der Waals surface area contributed by atoms with E-state index in [9.17, 15) is 0 Å². The second kappa shape index (κ2) is 3.24. The Morgan fingerprint density at radius 3 is 2.29 bits per heavy atom. The molecule has 0 aromatic carbocycles. The number of halogens is 1. The summed E-state index contributed by atoms with van der Waals surface area (Å²) in [5, 5.41) is 0. The van der Waals surface area contributed by atoms with E-state index in [4.69, 9.17) is 9.47 Å². The highest BCUT2D eigenvalue weighted by Gasteiger charge is 2.15. The quantitative estimate of drug-likeness (QED) is 0.537. The zero-order valence-electron chi connectivity index (χ0n) is 3.89. The van der Waals surface area contributed by atoms with Crippen LogP contribution >= 0.6 is 12.9 Å². The Labute approximate surface area is 58.1 Å². The van der Waals surface area contributed by atoms with Gasteiger partial charge in [0.1, 0.15) is 0 Å². The van der Waals surface area contributed by atoms with E-state index in [0.29, 0.717) is 0 Å². The minimum absolute atomic E-state index is 0.153. The topological polar surface area (TPSA) is 18.5 Å². The van der Waals surface area contributed by atoms with Crippen LogP contribution in [0.2, 0.25) is 0 Å². The first kappa shape index (κ1) is 6.29. The highest BCUT2D eigenvalue weighted by atomic mass is 79.9. The van der Waals surface area contributed by atoms with Crippen LogP contribution in [-0.4, -0.2) is 35.8 Å². The van der Waals surface area contributed by atoms with Crippen LogP contribution in [0.25, 0.3) is 0 Å². The van der Waals surface area contributed by atoms with E-state index >= 15 is 0 Å². The second-order valence-corrected chi connectivity index (χ2v) is 4.24. The standard InChI is InChI=1S/C3H5O2.BrH.Mg/c1-2-5-3-4-1;;/h3H,1-2H2;1H;/q;;+1/p-1. The van der Waals surface area contributed by atoms with Gasteiger partial charge in [-0.15, -0.1) is 0 Å². The highest BCUT2D eigenvalue weighted by molar-refractivity contribution is 9.23. The van der Waals surface area contributed by atoms with Crippen molar-refractivity contribution in [2.45, 2.75) is 4.42 Å². The summed E-state index contributed by atoms with van der Waals surface area (Å²) in [6.45, 7) is 1.56. The minimum atomic E-state index is -0.242. The fraction of sp³-hybridized carbons (Fsp3) is 1.00. The van der Waals surface area contributed by atoms with Crippen LogP contribution in [0.5, 0.6) is 0 Å². The SMILES string of the molecule is [Br][Mg][CH]1OCCO1. The summed E-state index contributed by atoms with van der Waals surface area (Å²) in [6.07, 6.45) is 0. The van der Waals surface area contributed by atoms with Crippen molar-refractivity contribution in [3.8, 4) is 0 Å². The summed E-state index contributed by atoms with van der Waals surface area (Å²) >= 11 is 3.12. The van der Waals surface area contributed by atoms with Gasteiger partial charge in [0.2, 0.25) is 0 Å². The molecule has 0 atom stereocenters. The molecule has 2 nitrogen and oxygen atoms in total. The molecule has 1 rings (SSSR count). The zero-order valence-corrected chi connectivity index (χ0v) is 6.89. The van der Waals surface area contributed by atoms with Gasteiger partial charge < -0.3 is 9.47 Å². The van der Waals surface area contributed by atoms with Crippen molar-refractivity contribution in [3.05, 3.63) is 0 Å². The van der Waals surface area contributed by atoms with Gasteiger partial charge in [-0.05, 0) is 0 Å². The largest absolute Gasteiger partial charge is 0.550 e. The summed E-state index contributed by atoms with van der Waals surface area (Å²) in [5.41, 5.74) is 0. The summed E-state index contributed by atoms with van der Waals surface area (Å²) in [4.78, 5) is 0. The maximum absolute atomic E-state index is 5.09. The van der Waals surface area contributed by atoms with Gasteiger partial charge in [-0.25, -0.2) is 0 Å². The summed E-state index contributed by atoms with van der Waals surface area (Å²) in [6, 6.07) is 0. The van der Waals surface area contributed by atoms with E-state index in [0.717, 1.165) is 13.2 Å². The van der Waals surface area contributed by atoms with Crippen molar-refractivity contribution in [2.24, 2.45) is 0 Å². The van der Waals surface area contributed by atoms with Gasteiger partial charge in [-0.2, -0.15) is 0 Å². The molecule has 7 heavy (non-hydrogen) atoms. The molecule has 0 radical (unpaired) electrons. The van der Waals surface area contributed by atoms with Gasteiger partial charge in [0.05, 0.1) is 17.6 Å². The maximum atomic E-state index is 5.09. The van der Waals surface area contributed by atoms with Crippen LogP contribution in [0.15, 0.2) is 0 Å². The number of rotatable bonds is 1. The van der Waals surface area contributed by atoms with Crippen LogP contribution in [-0.2, 0) is 9.47 Å². The molecule has 0 bridgehead atoms. The van der Waals surface area contributed by atoms with Gasteiger partial charge in [0, 0.05) is 0 Å². The molecule has 1 saturated heterocycles. The molecule has 0 aliphatic carbocycles. The maximum Gasteiger partial charge on any atom is 0.550 e. The van der Waals surface area contributed by atoms with Crippen LogP contribution in [0.3, 0.4) is 0 Å². The van der Waals surface area contributed by atoms with E-state index < -0.39 is 0 Å². The lowest BCUT2D eigenvalue weighted by molar-refractivity contribution is 0.0262. The average molecular weight is 177 g/mol. The lowest BCUT2D eigenvalue weighted by Crippen LogP contribution is -2.11. The molecule has 0 unspecified atom stereocenters. The van der Waals surface area contributed by atoms with Crippen molar-refractivity contribution in [3.63, 3.8) is 0 Å². The van der Waals surface area contributed by atoms with Crippen molar-refractivity contribution in [1.29, 1.82) is 0 Å². The highest BCUT2D eigenvalue weighted by Crippen LogP contribution is 2.02. The van der Waals surface area contributed by atoms with Gasteiger partial charge in [-0.1, -0.05) is 0 Å². The van der Waals surface area contributed by atoms with Crippen LogP contribution in [0.1, 0.15) is 0 Å². The monoisotopic (exact) mass is 176 g/mol. The first-order valence-electron chi connectivity index (χ1n) is 2.22. The molecule has 0 aromatic rings. The summed E-state index contributed by atoms with van der Waals surface area (Å²) in [7, 11) is 0. The molecular formula is C3H5BrMgO2. The molecular weight excluding hydrogens is 172 g/mol. The van der Waals surface area contributed by atoms with Crippen LogP contribution in [0, 0.1) is 0 Å². The van der Waals surface area contributed by atoms with E-state index in [1.807, 2.05) is 0 Å². The normalized spacial score (nSPS) is 22.4. The van der Waals surface area contributed by atoms with E-state index in [-0.39, 0.29) is 22.6 Å². The predicted molar refractivity (Wildman–Crippen MR) is 30.4 cm³/mol. The molecule has 0 amide bonds. The molecule has 4 heteroatoms. The summed E-state index contributed by atoms with van der Waals surface area (Å²) < 4.78 is 10.3. The summed E-state index contributed by atoms with van der Waals surface area (Å²) in [5.74, 6) is 0. The molecule has 1 fully saturated rings. The lowest BCUT2D eigenvalue weighted by Gasteiger charge is -1.99.